The van der Waals surface area contributed by atoms with Gasteiger partial charge in [-0.15, -0.1) is 12.4 Å². The molecule has 3 N–H and O–H groups in total. The molecule has 0 aliphatic rings. The summed E-state index contributed by atoms with van der Waals surface area (Å²) < 4.78 is 5.85. The van der Waals surface area contributed by atoms with Crippen molar-refractivity contribution < 1.29 is 9.94 Å². The van der Waals surface area contributed by atoms with E-state index in [-0.39, 0.29) is 18.2 Å². The molecule has 0 spiro atoms. The normalized spacial score (nSPS) is 12.0. The van der Waals surface area contributed by atoms with E-state index in [4.69, 9.17) is 15.7 Å². The average molecular weight is 281 g/mol. The maximum atomic E-state index is 8.74. The summed E-state index contributed by atoms with van der Waals surface area (Å²) >= 11 is 0. The molecule has 0 aliphatic carbocycles. The number of halogens is 1. The van der Waals surface area contributed by atoms with E-state index >= 15 is 0 Å². The van der Waals surface area contributed by atoms with Gasteiger partial charge in [-0.1, -0.05) is 41.6 Å². The zero-order chi connectivity index (χ0) is 13.2. The van der Waals surface area contributed by atoms with E-state index in [1.807, 2.05) is 42.5 Å². The van der Waals surface area contributed by atoms with Crippen molar-refractivity contribution in [1.82, 2.24) is 0 Å². The Kier molecular flexibility index (Phi) is 4.62. The Morgan fingerprint density at radius 2 is 1.79 bits per heavy atom. The van der Waals surface area contributed by atoms with Crippen LogP contribution in [0.4, 0.5) is 0 Å². The van der Waals surface area contributed by atoms with Crippen LogP contribution in [0.3, 0.4) is 0 Å². The monoisotopic (exact) mass is 280 g/mol. The van der Waals surface area contributed by atoms with Crippen LogP contribution in [0.5, 0.6) is 5.75 Å². The van der Waals surface area contributed by atoms with Gasteiger partial charge in [-0.3, -0.25) is 0 Å². The molecule has 0 heterocycles. The van der Waals surface area contributed by atoms with Crippen LogP contribution in [-0.4, -0.2) is 16.6 Å². The molecular weight excluding hydrogens is 264 g/mol. The predicted molar refractivity (Wildman–Crippen MR) is 79.3 cm³/mol. The molecular formula is C14H17ClN2O2. The average Bonchev–Trinajstić information content (AvgIpc) is 2.38. The zero-order valence-corrected chi connectivity index (χ0v) is 11.6. The molecule has 2 rings (SSSR count). The molecule has 0 fully saturated rings. The largest absolute Gasteiger partial charge is 0.479 e. The Hall–Kier alpha value is -1.94. The highest BCUT2D eigenvalue weighted by Crippen LogP contribution is 2.28. The Balaban J connectivity index is 0.00000180. The van der Waals surface area contributed by atoms with Crippen molar-refractivity contribution in [3.05, 3.63) is 42.5 Å². The molecule has 0 atom stereocenters. The minimum absolute atomic E-state index is 0. The number of oxime groups is 1. The number of hydrogen-bond acceptors (Lipinski definition) is 3. The van der Waals surface area contributed by atoms with Gasteiger partial charge in [0.1, 0.15) is 5.75 Å². The maximum Gasteiger partial charge on any atom is 0.182 e. The molecule has 19 heavy (non-hydrogen) atoms. The lowest BCUT2D eigenvalue weighted by molar-refractivity contribution is 0.176. The summed E-state index contributed by atoms with van der Waals surface area (Å²) in [4.78, 5) is 0. The smallest absolute Gasteiger partial charge is 0.182 e. The Labute approximate surface area is 118 Å². The van der Waals surface area contributed by atoms with E-state index in [1.165, 1.54) is 0 Å². The number of fused-ring (bicyclic) bond motifs is 1. The first-order valence-corrected chi connectivity index (χ1v) is 5.69. The van der Waals surface area contributed by atoms with Crippen LogP contribution in [0.15, 0.2) is 47.6 Å². The summed E-state index contributed by atoms with van der Waals surface area (Å²) in [5.41, 5.74) is 4.76. The second kappa shape index (κ2) is 5.80. The second-order valence-electron chi connectivity index (χ2n) is 4.57. The molecule has 4 nitrogen and oxygen atoms in total. The lowest BCUT2D eigenvalue weighted by Crippen LogP contribution is -2.43. The topological polar surface area (TPSA) is 67.8 Å². The number of rotatable bonds is 3. The van der Waals surface area contributed by atoms with Gasteiger partial charge in [0.25, 0.3) is 0 Å². The quantitative estimate of drug-likeness (QED) is 0.393. The van der Waals surface area contributed by atoms with Crippen molar-refractivity contribution in [2.45, 2.75) is 19.4 Å². The van der Waals surface area contributed by atoms with E-state index in [2.05, 4.69) is 5.16 Å². The van der Waals surface area contributed by atoms with Gasteiger partial charge in [-0.05, 0) is 25.3 Å². The molecule has 0 bridgehead atoms. The highest BCUT2D eigenvalue weighted by Gasteiger charge is 2.26. The van der Waals surface area contributed by atoms with Crippen molar-refractivity contribution >= 4 is 29.0 Å². The van der Waals surface area contributed by atoms with Gasteiger partial charge < -0.3 is 15.7 Å². The first-order chi connectivity index (χ1) is 8.54. The van der Waals surface area contributed by atoms with Gasteiger partial charge in [0.05, 0.1) is 0 Å². The minimum atomic E-state index is -0.862. The van der Waals surface area contributed by atoms with Crippen molar-refractivity contribution in [1.29, 1.82) is 0 Å². The van der Waals surface area contributed by atoms with E-state index in [0.29, 0.717) is 5.75 Å². The standard InChI is InChI=1S/C14H16N2O2.ClH/c1-14(2,13(15)16-17)18-12-9-5-7-10-6-3-4-8-11(10)12;/h3-9,17H,1-2H3,(H2,15,16);1H. The van der Waals surface area contributed by atoms with Crippen LogP contribution in [0.2, 0.25) is 0 Å². The number of benzene rings is 2. The van der Waals surface area contributed by atoms with E-state index in [1.54, 1.807) is 13.8 Å². The number of nitrogens with two attached hydrogens (primary N) is 1. The number of nitrogens with zero attached hydrogens (tertiary/aromatic N) is 1. The first-order valence-electron chi connectivity index (χ1n) is 5.69. The number of amidine groups is 1. The summed E-state index contributed by atoms with van der Waals surface area (Å²) in [6, 6.07) is 13.7. The fraction of sp³-hybridized carbons (Fsp3) is 0.214. The molecule has 0 saturated carbocycles. The van der Waals surface area contributed by atoms with Crippen LogP contribution in [0.1, 0.15) is 13.8 Å². The van der Waals surface area contributed by atoms with Gasteiger partial charge >= 0.3 is 0 Å². The fourth-order valence-electron chi connectivity index (χ4n) is 1.73. The van der Waals surface area contributed by atoms with E-state index in [0.717, 1.165) is 10.8 Å². The SMILES string of the molecule is CC(C)(Oc1cccc2ccccc12)/C(N)=N/O.Cl. The molecule has 5 heteroatoms. The molecule has 0 aromatic heterocycles. The highest BCUT2D eigenvalue weighted by atomic mass is 35.5. The Bertz CT molecular complexity index is 592. The van der Waals surface area contributed by atoms with Gasteiger partial charge in [0.15, 0.2) is 11.4 Å². The van der Waals surface area contributed by atoms with Crippen LogP contribution in [0, 0.1) is 0 Å². The fourth-order valence-corrected chi connectivity index (χ4v) is 1.73. The summed E-state index contributed by atoms with van der Waals surface area (Å²) in [6.07, 6.45) is 0. The Morgan fingerprint density at radius 1 is 1.16 bits per heavy atom. The Morgan fingerprint density at radius 3 is 2.47 bits per heavy atom. The molecule has 102 valence electrons. The van der Waals surface area contributed by atoms with E-state index in [9.17, 15) is 0 Å². The summed E-state index contributed by atoms with van der Waals surface area (Å²) in [7, 11) is 0. The van der Waals surface area contributed by atoms with Crippen LogP contribution in [-0.2, 0) is 0 Å². The van der Waals surface area contributed by atoms with Gasteiger partial charge in [0, 0.05) is 5.39 Å². The van der Waals surface area contributed by atoms with Gasteiger partial charge in [0.2, 0.25) is 0 Å². The van der Waals surface area contributed by atoms with Crippen molar-refractivity contribution in [2.75, 3.05) is 0 Å². The van der Waals surface area contributed by atoms with Crippen molar-refractivity contribution in [3.63, 3.8) is 0 Å². The molecule has 0 amide bonds. The van der Waals surface area contributed by atoms with Gasteiger partial charge in [-0.2, -0.15) is 0 Å². The first kappa shape index (κ1) is 15.1. The number of ether oxygens (including phenoxy) is 1. The third-order valence-electron chi connectivity index (χ3n) is 2.84. The minimum Gasteiger partial charge on any atom is -0.479 e. The molecule has 0 unspecified atom stereocenters. The molecule has 0 saturated heterocycles. The van der Waals surface area contributed by atoms with Crippen LogP contribution < -0.4 is 10.5 Å². The summed E-state index contributed by atoms with van der Waals surface area (Å²) in [5, 5.41) is 13.8. The molecule has 0 aliphatic heterocycles. The molecule has 2 aromatic carbocycles. The van der Waals surface area contributed by atoms with Crippen molar-refractivity contribution in [3.8, 4) is 5.75 Å². The molecule has 0 radical (unpaired) electrons. The maximum absolute atomic E-state index is 8.74. The third kappa shape index (κ3) is 3.09. The second-order valence-corrected chi connectivity index (χ2v) is 4.57. The molecule has 2 aromatic rings. The summed E-state index contributed by atoms with van der Waals surface area (Å²) in [5.74, 6) is 0.750. The lowest BCUT2D eigenvalue weighted by Gasteiger charge is -2.25. The van der Waals surface area contributed by atoms with Crippen LogP contribution in [0.25, 0.3) is 10.8 Å². The lowest BCUT2D eigenvalue weighted by atomic mass is 10.1. The van der Waals surface area contributed by atoms with Crippen LogP contribution >= 0.6 is 12.4 Å². The van der Waals surface area contributed by atoms with Crippen molar-refractivity contribution in [2.24, 2.45) is 10.9 Å². The summed E-state index contributed by atoms with van der Waals surface area (Å²) in [6.45, 7) is 3.51. The zero-order valence-electron chi connectivity index (χ0n) is 10.8. The predicted octanol–water partition coefficient (Wildman–Crippen LogP) is 3.17. The highest BCUT2D eigenvalue weighted by molar-refractivity contribution is 5.91. The van der Waals surface area contributed by atoms with Gasteiger partial charge in [-0.25, -0.2) is 0 Å². The number of hydrogen-bond donors (Lipinski definition) is 2. The van der Waals surface area contributed by atoms with E-state index < -0.39 is 5.60 Å². The third-order valence-corrected chi connectivity index (χ3v) is 2.84.